The minimum absolute atomic E-state index is 0.0666. The van der Waals surface area contributed by atoms with Crippen molar-refractivity contribution in [3.05, 3.63) is 89.0 Å². The smallest absolute Gasteiger partial charge is 0.136 e. The van der Waals surface area contributed by atoms with Gasteiger partial charge in [0.2, 0.25) is 0 Å². The normalized spacial score (nSPS) is 10.3. The molecular formula is C24H21F2N. The number of hydrogen-bond donors (Lipinski definition) is 1. The zero-order valence-electron chi connectivity index (χ0n) is 15.2. The number of nitrogens with two attached hydrogens (primary N) is 1. The fourth-order valence-electron chi connectivity index (χ4n) is 2.87. The minimum Gasteiger partial charge on any atom is -0.399 e. The van der Waals surface area contributed by atoms with E-state index in [0.717, 1.165) is 29.7 Å². The maximum Gasteiger partial charge on any atom is 0.136 e. The Morgan fingerprint density at radius 1 is 0.815 bits per heavy atom. The summed E-state index contributed by atoms with van der Waals surface area (Å²) in [6, 6.07) is 17.3. The summed E-state index contributed by atoms with van der Waals surface area (Å²) in [6.45, 7) is 2.18. The van der Waals surface area contributed by atoms with Gasteiger partial charge in [0, 0.05) is 16.8 Å². The summed E-state index contributed by atoms with van der Waals surface area (Å²) in [6.07, 6.45) is 3.46. The van der Waals surface area contributed by atoms with Crippen molar-refractivity contribution >= 4 is 5.69 Å². The molecule has 0 heterocycles. The van der Waals surface area contributed by atoms with E-state index in [2.05, 4.69) is 30.9 Å². The van der Waals surface area contributed by atoms with Crippen molar-refractivity contribution in [3.8, 4) is 23.0 Å². The van der Waals surface area contributed by atoms with E-state index < -0.39 is 11.6 Å². The number of halogens is 2. The van der Waals surface area contributed by atoms with E-state index in [1.165, 1.54) is 18.4 Å². The second kappa shape index (κ2) is 8.51. The van der Waals surface area contributed by atoms with Crippen molar-refractivity contribution in [1.82, 2.24) is 0 Å². The first-order valence-electron chi connectivity index (χ1n) is 9.02. The van der Waals surface area contributed by atoms with Gasteiger partial charge in [-0.15, -0.1) is 0 Å². The van der Waals surface area contributed by atoms with Gasteiger partial charge < -0.3 is 5.73 Å². The van der Waals surface area contributed by atoms with Gasteiger partial charge in [0.25, 0.3) is 0 Å². The molecule has 0 spiro atoms. The lowest BCUT2D eigenvalue weighted by molar-refractivity contribution is 0.591. The number of anilines is 1. The van der Waals surface area contributed by atoms with Gasteiger partial charge in [0.15, 0.2) is 0 Å². The molecule has 0 aromatic heterocycles. The molecule has 0 radical (unpaired) electrons. The quantitative estimate of drug-likeness (QED) is 0.450. The molecule has 136 valence electrons. The van der Waals surface area contributed by atoms with Crippen LogP contribution >= 0.6 is 0 Å². The van der Waals surface area contributed by atoms with Crippen LogP contribution in [0.25, 0.3) is 11.1 Å². The Bertz CT molecular complexity index is 955. The lowest BCUT2D eigenvalue weighted by Crippen LogP contribution is -1.94. The standard InChI is InChI=1S/C24H21F2N/c1-2-3-4-17-5-7-18(8-6-17)9-10-19-11-13-20(14-12-19)24-22(25)15-21(27)16-23(24)26/h5-8,11-16H,2-4,27H2,1H3. The van der Waals surface area contributed by atoms with Crippen LogP contribution in [-0.2, 0) is 6.42 Å². The van der Waals surface area contributed by atoms with E-state index in [-0.39, 0.29) is 11.3 Å². The van der Waals surface area contributed by atoms with Crippen molar-refractivity contribution in [2.75, 3.05) is 5.73 Å². The third-order valence-corrected chi connectivity index (χ3v) is 4.36. The number of hydrogen-bond acceptors (Lipinski definition) is 1. The monoisotopic (exact) mass is 361 g/mol. The molecule has 0 atom stereocenters. The topological polar surface area (TPSA) is 26.0 Å². The molecule has 0 aliphatic carbocycles. The SMILES string of the molecule is CCCCc1ccc(C#Cc2ccc(-c3c(F)cc(N)cc3F)cc2)cc1. The van der Waals surface area contributed by atoms with Crippen LogP contribution in [0.3, 0.4) is 0 Å². The van der Waals surface area contributed by atoms with Crippen LogP contribution in [-0.4, -0.2) is 0 Å². The Balaban J connectivity index is 1.76. The predicted octanol–water partition coefficient (Wildman–Crippen LogP) is 5.96. The van der Waals surface area contributed by atoms with Crippen LogP contribution in [0, 0.1) is 23.5 Å². The zero-order chi connectivity index (χ0) is 19.2. The van der Waals surface area contributed by atoms with E-state index in [0.29, 0.717) is 5.56 Å². The van der Waals surface area contributed by atoms with Crippen LogP contribution in [0.5, 0.6) is 0 Å². The molecule has 0 amide bonds. The zero-order valence-corrected chi connectivity index (χ0v) is 15.2. The average Bonchev–Trinajstić information content (AvgIpc) is 2.66. The van der Waals surface area contributed by atoms with Crippen LogP contribution in [0.2, 0.25) is 0 Å². The summed E-state index contributed by atoms with van der Waals surface area (Å²) in [7, 11) is 0. The molecule has 0 aliphatic rings. The number of rotatable bonds is 4. The summed E-state index contributed by atoms with van der Waals surface area (Å²) in [5.74, 6) is 4.86. The van der Waals surface area contributed by atoms with Gasteiger partial charge in [-0.25, -0.2) is 8.78 Å². The second-order valence-electron chi connectivity index (χ2n) is 6.49. The largest absolute Gasteiger partial charge is 0.399 e. The van der Waals surface area contributed by atoms with Crippen molar-refractivity contribution in [3.63, 3.8) is 0 Å². The number of benzene rings is 3. The highest BCUT2D eigenvalue weighted by molar-refractivity contribution is 5.68. The van der Waals surface area contributed by atoms with Crippen molar-refractivity contribution < 1.29 is 8.78 Å². The van der Waals surface area contributed by atoms with Gasteiger partial charge in [-0.2, -0.15) is 0 Å². The molecule has 0 saturated carbocycles. The number of aryl methyl sites for hydroxylation is 1. The molecule has 3 aromatic carbocycles. The van der Waals surface area contributed by atoms with E-state index in [4.69, 9.17) is 5.73 Å². The first kappa shape index (κ1) is 18.7. The highest BCUT2D eigenvalue weighted by Gasteiger charge is 2.12. The van der Waals surface area contributed by atoms with Crippen LogP contribution in [0.1, 0.15) is 36.5 Å². The first-order chi connectivity index (χ1) is 13.1. The van der Waals surface area contributed by atoms with Crippen LogP contribution in [0.4, 0.5) is 14.5 Å². The van der Waals surface area contributed by atoms with Crippen LogP contribution < -0.4 is 5.73 Å². The maximum absolute atomic E-state index is 14.0. The van der Waals surface area contributed by atoms with E-state index in [9.17, 15) is 8.78 Å². The summed E-state index contributed by atoms with van der Waals surface area (Å²) in [5.41, 5.74) is 8.94. The highest BCUT2D eigenvalue weighted by Crippen LogP contribution is 2.28. The molecular weight excluding hydrogens is 340 g/mol. The van der Waals surface area contributed by atoms with Crippen molar-refractivity contribution in [2.45, 2.75) is 26.2 Å². The molecule has 0 bridgehead atoms. The molecule has 1 nitrogen and oxygen atoms in total. The Kier molecular flexibility index (Phi) is 5.88. The summed E-state index contributed by atoms with van der Waals surface area (Å²) in [5, 5.41) is 0. The average molecular weight is 361 g/mol. The summed E-state index contributed by atoms with van der Waals surface area (Å²) in [4.78, 5) is 0. The fraction of sp³-hybridized carbons (Fsp3) is 0.167. The number of unbranched alkanes of at least 4 members (excludes halogenated alkanes) is 1. The first-order valence-corrected chi connectivity index (χ1v) is 9.02. The van der Waals surface area contributed by atoms with Gasteiger partial charge in [-0.3, -0.25) is 0 Å². The van der Waals surface area contributed by atoms with Gasteiger partial charge in [-0.05, 0) is 60.4 Å². The molecule has 0 aliphatic heterocycles. The van der Waals surface area contributed by atoms with Gasteiger partial charge >= 0.3 is 0 Å². The van der Waals surface area contributed by atoms with Crippen molar-refractivity contribution in [1.29, 1.82) is 0 Å². The lowest BCUT2D eigenvalue weighted by atomic mass is 10.0. The summed E-state index contributed by atoms with van der Waals surface area (Å²) < 4.78 is 28.1. The third kappa shape index (κ3) is 4.74. The van der Waals surface area contributed by atoms with E-state index >= 15 is 0 Å². The Labute approximate surface area is 158 Å². The molecule has 0 saturated heterocycles. The molecule has 0 fully saturated rings. The van der Waals surface area contributed by atoms with Gasteiger partial charge in [-0.1, -0.05) is 49.5 Å². The van der Waals surface area contributed by atoms with E-state index in [1.807, 2.05) is 12.1 Å². The Hall–Kier alpha value is -3.12. The Morgan fingerprint density at radius 3 is 1.85 bits per heavy atom. The molecule has 2 N–H and O–H groups in total. The molecule has 27 heavy (non-hydrogen) atoms. The van der Waals surface area contributed by atoms with Crippen LogP contribution in [0.15, 0.2) is 60.7 Å². The highest BCUT2D eigenvalue weighted by atomic mass is 19.1. The Morgan fingerprint density at radius 2 is 1.33 bits per heavy atom. The third-order valence-electron chi connectivity index (χ3n) is 4.36. The molecule has 3 heteroatoms. The van der Waals surface area contributed by atoms with E-state index in [1.54, 1.807) is 24.3 Å². The second-order valence-corrected chi connectivity index (χ2v) is 6.49. The number of nitrogen functional groups attached to an aromatic ring is 1. The minimum atomic E-state index is -0.672. The summed E-state index contributed by atoms with van der Waals surface area (Å²) >= 11 is 0. The van der Waals surface area contributed by atoms with Crippen molar-refractivity contribution in [2.24, 2.45) is 0 Å². The fourth-order valence-corrected chi connectivity index (χ4v) is 2.87. The lowest BCUT2D eigenvalue weighted by Gasteiger charge is -2.06. The molecule has 3 rings (SSSR count). The maximum atomic E-state index is 14.0. The molecule has 0 unspecified atom stereocenters. The van der Waals surface area contributed by atoms with Gasteiger partial charge in [0.05, 0.1) is 5.56 Å². The predicted molar refractivity (Wildman–Crippen MR) is 107 cm³/mol. The van der Waals surface area contributed by atoms with Gasteiger partial charge in [0.1, 0.15) is 11.6 Å². The molecule has 3 aromatic rings.